The van der Waals surface area contributed by atoms with E-state index in [0.717, 1.165) is 29.9 Å². The van der Waals surface area contributed by atoms with Crippen LogP contribution < -0.4 is 15.0 Å². The Morgan fingerprint density at radius 3 is 2.50 bits per heavy atom. The molecule has 3 heterocycles. The van der Waals surface area contributed by atoms with E-state index in [4.69, 9.17) is 14.5 Å². The maximum Gasteiger partial charge on any atom is 0.237 e. The van der Waals surface area contributed by atoms with Crippen LogP contribution in [0.25, 0.3) is 11.1 Å². The Kier molecular flexibility index (Phi) is 5.81. The van der Waals surface area contributed by atoms with E-state index < -0.39 is 0 Å². The Hall–Kier alpha value is -3.19. The average Bonchev–Trinajstić information content (AvgIpc) is 2.74. The molecule has 0 saturated carbocycles. The van der Waals surface area contributed by atoms with Crippen molar-refractivity contribution in [1.82, 2.24) is 15.0 Å². The minimum atomic E-state index is 0. The fraction of sp³-hybridized carbons (Fsp3) is 0.348. The molecule has 1 N–H and O–H groups in total. The number of ether oxygens (including phenoxy) is 2. The normalized spacial score (nSPS) is 18.9. The highest BCUT2D eigenvalue weighted by Gasteiger charge is 2.24. The first kappa shape index (κ1) is 20.1. The van der Waals surface area contributed by atoms with E-state index in [-0.39, 0.29) is 15.1 Å². The van der Waals surface area contributed by atoms with Crippen molar-refractivity contribution in [3.05, 3.63) is 54.4 Å². The maximum absolute atomic E-state index is 5.82. The van der Waals surface area contributed by atoms with E-state index in [9.17, 15) is 0 Å². The molecule has 30 heavy (non-hydrogen) atoms. The third kappa shape index (κ3) is 4.52. The van der Waals surface area contributed by atoms with E-state index in [1.165, 1.54) is 5.56 Å². The molecule has 160 valence electrons. The van der Waals surface area contributed by atoms with E-state index >= 15 is 0 Å². The number of hydrogen-bond acceptors (Lipinski definition) is 7. The highest BCUT2D eigenvalue weighted by molar-refractivity contribution is 5.72. The van der Waals surface area contributed by atoms with Crippen molar-refractivity contribution in [3.63, 3.8) is 0 Å². The molecule has 1 aliphatic heterocycles. The summed E-state index contributed by atoms with van der Waals surface area (Å²) in [7, 11) is 1.61. The van der Waals surface area contributed by atoms with Gasteiger partial charge >= 0.3 is 0 Å². The molecule has 1 saturated heterocycles. The first-order valence-corrected chi connectivity index (χ1v) is 10.1. The van der Waals surface area contributed by atoms with Gasteiger partial charge in [-0.2, -0.15) is 4.98 Å². The second kappa shape index (κ2) is 8.67. The third-order valence-corrected chi connectivity index (χ3v) is 5.04. The molecule has 1 aromatic carbocycles. The summed E-state index contributed by atoms with van der Waals surface area (Å²) in [5.74, 6) is 1.89. The molecule has 2 aromatic heterocycles. The second-order valence-electron chi connectivity index (χ2n) is 7.68. The van der Waals surface area contributed by atoms with Gasteiger partial charge in [0.1, 0.15) is 11.5 Å². The number of nitrogens with zero attached hydrogens (tertiary/aromatic N) is 4. The van der Waals surface area contributed by atoms with Gasteiger partial charge in [0.2, 0.25) is 11.8 Å². The van der Waals surface area contributed by atoms with Gasteiger partial charge in [0.05, 0.1) is 19.3 Å². The average molecular weight is 410 g/mol. The fourth-order valence-corrected chi connectivity index (χ4v) is 3.66. The van der Waals surface area contributed by atoms with Crippen LogP contribution in [0.1, 0.15) is 22.3 Å². The van der Waals surface area contributed by atoms with Gasteiger partial charge in [0, 0.05) is 33.9 Å². The summed E-state index contributed by atoms with van der Waals surface area (Å²) < 4.78 is 11.3. The molecule has 7 heteroatoms. The first-order chi connectivity index (χ1) is 14.5. The highest BCUT2D eigenvalue weighted by atomic mass is 16.5. The topological polar surface area (TPSA) is 72.4 Å². The fourth-order valence-electron chi connectivity index (χ4n) is 3.66. The number of anilines is 3. The molecule has 0 aliphatic carbocycles. The molecular formula is C23H31N5O2. The van der Waals surface area contributed by atoms with E-state index in [2.05, 4.69) is 65.2 Å². The van der Waals surface area contributed by atoms with Crippen molar-refractivity contribution in [2.24, 2.45) is 0 Å². The molecule has 2 atom stereocenters. The zero-order chi connectivity index (χ0) is 21.1. The zero-order valence-electron chi connectivity index (χ0n) is 17.8. The number of hydrogen-bond donors (Lipinski definition) is 1. The SMILES string of the molecule is COc1ncc(-c2ccc(C)cc2)cc1Nc1ccnc(N2C[C@@H](C)O[C@@H](C)C2)n1.[HH].[HH]. The number of aryl methyl sites for hydroxylation is 1. The molecule has 0 radical (unpaired) electrons. The van der Waals surface area contributed by atoms with E-state index in [1.54, 1.807) is 13.3 Å². The molecule has 4 rings (SSSR count). The van der Waals surface area contributed by atoms with Crippen molar-refractivity contribution in [3.8, 4) is 17.0 Å². The molecule has 0 unspecified atom stereocenters. The van der Waals surface area contributed by atoms with Crippen molar-refractivity contribution < 1.29 is 12.3 Å². The number of morpholine rings is 1. The lowest BCUT2D eigenvalue weighted by Crippen LogP contribution is -2.46. The Morgan fingerprint density at radius 1 is 1.07 bits per heavy atom. The van der Waals surface area contributed by atoms with Crippen LogP contribution in [0.5, 0.6) is 5.88 Å². The van der Waals surface area contributed by atoms with Crippen molar-refractivity contribution in [1.29, 1.82) is 0 Å². The van der Waals surface area contributed by atoms with Gasteiger partial charge in [-0.25, -0.2) is 9.97 Å². The van der Waals surface area contributed by atoms with Crippen LogP contribution in [0, 0.1) is 6.92 Å². The second-order valence-corrected chi connectivity index (χ2v) is 7.68. The van der Waals surface area contributed by atoms with E-state index in [0.29, 0.717) is 17.6 Å². The molecule has 3 aromatic rings. The van der Waals surface area contributed by atoms with Gasteiger partial charge in [-0.3, -0.25) is 0 Å². The molecule has 0 amide bonds. The van der Waals surface area contributed by atoms with Crippen LogP contribution in [0.3, 0.4) is 0 Å². The van der Waals surface area contributed by atoms with Crippen LogP contribution >= 0.6 is 0 Å². The maximum atomic E-state index is 5.82. The molecule has 0 bridgehead atoms. The van der Waals surface area contributed by atoms with Crippen LogP contribution in [0.2, 0.25) is 0 Å². The molecule has 1 aliphatic rings. The Balaban J connectivity index is 0.00000181. The van der Waals surface area contributed by atoms with Crippen LogP contribution in [0.15, 0.2) is 48.8 Å². The summed E-state index contributed by atoms with van der Waals surface area (Å²) in [6, 6.07) is 12.2. The Bertz CT molecular complexity index is 1010. The largest absolute Gasteiger partial charge is 0.480 e. The smallest absolute Gasteiger partial charge is 0.237 e. The van der Waals surface area contributed by atoms with Crippen LogP contribution in [-0.4, -0.2) is 47.4 Å². The summed E-state index contributed by atoms with van der Waals surface area (Å²) in [6.07, 6.45) is 3.87. The van der Waals surface area contributed by atoms with Crippen molar-refractivity contribution in [2.75, 3.05) is 30.4 Å². The number of pyridine rings is 1. The quantitative estimate of drug-likeness (QED) is 0.654. The molecule has 1 fully saturated rings. The number of nitrogens with one attached hydrogen (secondary N) is 1. The zero-order valence-corrected chi connectivity index (χ0v) is 17.8. The summed E-state index contributed by atoms with van der Waals surface area (Å²) in [4.78, 5) is 15.8. The summed E-state index contributed by atoms with van der Waals surface area (Å²) in [5.41, 5.74) is 4.07. The lowest BCUT2D eigenvalue weighted by molar-refractivity contribution is -0.00571. The lowest BCUT2D eigenvalue weighted by Gasteiger charge is -2.35. The van der Waals surface area contributed by atoms with Gasteiger partial charge in [0.15, 0.2) is 0 Å². The summed E-state index contributed by atoms with van der Waals surface area (Å²) >= 11 is 0. The molecule has 0 spiro atoms. The third-order valence-electron chi connectivity index (χ3n) is 5.04. The molecule has 7 nitrogen and oxygen atoms in total. The van der Waals surface area contributed by atoms with Gasteiger partial charge in [-0.05, 0) is 38.5 Å². The monoisotopic (exact) mass is 409 g/mol. The molecular weight excluding hydrogens is 378 g/mol. The predicted molar refractivity (Wildman–Crippen MR) is 123 cm³/mol. The van der Waals surface area contributed by atoms with Crippen LogP contribution in [-0.2, 0) is 4.74 Å². The van der Waals surface area contributed by atoms with Crippen molar-refractivity contribution >= 4 is 17.5 Å². The van der Waals surface area contributed by atoms with Gasteiger partial charge in [-0.1, -0.05) is 29.8 Å². The van der Waals surface area contributed by atoms with Crippen LogP contribution in [0.4, 0.5) is 17.5 Å². The first-order valence-electron chi connectivity index (χ1n) is 10.1. The standard InChI is InChI=1S/C23H27N5O2.2H2/c1-15-5-7-18(8-6-15)19-11-20(22(29-4)25-12-19)26-21-9-10-24-23(27-21)28-13-16(2)30-17(3)14-28;;/h5-12,16-17H,13-14H2,1-4H3,(H,24,26,27);2*1H/t16-,17+;;. The van der Waals surface area contributed by atoms with Gasteiger partial charge in [-0.15, -0.1) is 0 Å². The summed E-state index contributed by atoms with van der Waals surface area (Å²) in [6.45, 7) is 7.74. The number of benzene rings is 1. The number of methoxy groups -OCH3 is 1. The summed E-state index contributed by atoms with van der Waals surface area (Å²) in [5, 5.41) is 3.35. The Morgan fingerprint density at radius 2 is 1.80 bits per heavy atom. The van der Waals surface area contributed by atoms with Crippen molar-refractivity contribution in [2.45, 2.75) is 33.0 Å². The highest BCUT2D eigenvalue weighted by Crippen LogP contribution is 2.30. The minimum Gasteiger partial charge on any atom is -0.480 e. The number of rotatable bonds is 5. The predicted octanol–water partition coefficient (Wildman–Crippen LogP) is 4.70. The lowest BCUT2D eigenvalue weighted by atomic mass is 10.1. The Labute approximate surface area is 180 Å². The number of aromatic nitrogens is 3. The minimum absolute atomic E-state index is 0. The van der Waals surface area contributed by atoms with E-state index in [1.807, 2.05) is 18.3 Å². The van der Waals surface area contributed by atoms with Gasteiger partial charge in [0.25, 0.3) is 0 Å². The van der Waals surface area contributed by atoms with Gasteiger partial charge < -0.3 is 19.7 Å².